The van der Waals surface area contributed by atoms with Crippen molar-refractivity contribution in [2.45, 2.75) is 19.3 Å². The van der Waals surface area contributed by atoms with Gasteiger partial charge in [0.2, 0.25) is 0 Å². The second kappa shape index (κ2) is 10.5. The van der Waals surface area contributed by atoms with E-state index in [1.165, 1.54) is 26.4 Å². The van der Waals surface area contributed by atoms with Crippen LogP contribution in [-0.2, 0) is 9.53 Å². The quantitative estimate of drug-likeness (QED) is 0.374. The van der Waals surface area contributed by atoms with Gasteiger partial charge in [-0.25, -0.2) is 4.79 Å². The molecule has 170 valence electrons. The average Bonchev–Trinajstić information content (AvgIpc) is 2.82. The van der Waals surface area contributed by atoms with Crippen molar-refractivity contribution in [1.29, 1.82) is 0 Å². The molecule has 0 radical (unpaired) electrons. The first-order valence-electron chi connectivity index (χ1n) is 10.2. The molecule has 1 aliphatic rings. The molecule has 0 atom stereocenters. The summed E-state index contributed by atoms with van der Waals surface area (Å²) in [5.41, 5.74) is 0.680. The highest BCUT2D eigenvalue weighted by Crippen LogP contribution is 2.32. The molecule has 2 aromatic rings. The minimum absolute atomic E-state index is 0.00391. The Hall–Kier alpha value is -3.82. The van der Waals surface area contributed by atoms with E-state index >= 15 is 0 Å². The molecule has 1 amide bonds. The fourth-order valence-electron chi connectivity index (χ4n) is 3.51. The highest BCUT2D eigenvalue weighted by atomic mass is 16.6. The Morgan fingerprint density at radius 1 is 1.06 bits per heavy atom. The summed E-state index contributed by atoms with van der Waals surface area (Å²) in [6.07, 6.45) is 3.03. The molecule has 0 aliphatic carbocycles. The highest BCUT2D eigenvalue weighted by Gasteiger charge is 2.24. The molecule has 1 fully saturated rings. The Morgan fingerprint density at radius 3 is 2.47 bits per heavy atom. The average molecular weight is 443 g/mol. The number of carbonyl (C=O) groups is 2. The molecule has 3 rings (SSSR count). The van der Waals surface area contributed by atoms with Crippen molar-refractivity contribution < 1.29 is 28.7 Å². The third-order valence-corrected chi connectivity index (χ3v) is 5.12. The van der Waals surface area contributed by atoms with Gasteiger partial charge in [-0.05, 0) is 43.5 Å². The zero-order valence-corrected chi connectivity index (χ0v) is 18.0. The number of benzene rings is 2. The van der Waals surface area contributed by atoms with Gasteiger partial charge in [0, 0.05) is 25.2 Å². The maximum Gasteiger partial charge on any atom is 0.338 e. The second-order valence-electron chi connectivity index (χ2n) is 7.20. The summed E-state index contributed by atoms with van der Waals surface area (Å²) >= 11 is 0. The van der Waals surface area contributed by atoms with E-state index in [4.69, 9.17) is 14.2 Å². The van der Waals surface area contributed by atoms with Crippen LogP contribution >= 0.6 is 0 Å². The fourth-order valence-corrected chi connectivity index (χ4v) is 3.51. The molecule has 1 aliphatic heterocycles. The Morgan fingerprint density at radius 2 is 1.81 bits per heavy atom. The fraction of sp³-hybridized carbons (Fsp3) is 0.364. The second-order valence-corrected chi connectivity index (χ2v) is 7.20. The minimum atomic E-state index is -0.828. The number of nitro groups is 1. The number of methoxy groups -OCH3 is 2. The normalized spacial score (nSPS) is 13.2. The number of amides is 1. The van der Waals surface area contributed by atoms with Crippen molar-refractivity contribution in [3.8, 4) is 11.5 Å². The molecule has 1 heterocycles. The smallest absolute Gasteiger partial charge is 0.338 e. The number of piperidine rings is 1. The van der Waals surface area contributed by atoms with E-state index in [0.29, 0.717) is 22.9 Å². The summed E-state index contributed by atoms with van der Waals surface area (Å²) in [6.45, 7) is 0.901. The first-order chi connectivity index (χ1) is 15.4. The predicted molar refractivity (Wildman–Crippen MR) is 118 cm³/mol. The van der Waals surface area contributed by atoms with Gasteiger partial charge in [-0.2, -0.15) is 0 Å². The number of hydrogen-bond acceptors (Lipinski definition) is 8. The van der Waals surface area contributed by atoms with E-state index in [9.17, 15) is 19.7 Å². The van der Waals surface area contributed by atoms with Gasteiger partial charge >= 0.3 is 5.97 Å². The monoisotopic (exact) mass is 443 g/mol. The molecule has 1 saturated heterocycles. The lowest BCUT2D eigenvalue weighted by molar-refractivity contribution is -0.384. The summed E-state index contributed by atoms with van der Waals surface area (Å²) in [4.78, 5) is 37.7. The van der Waals surface area contributed by atoms with E-state index < -0.39 is 23.4 Å². The van der Waals surface area contributed by atoms with Crippen LogP contribution in [0.3, 0.4) is 0 Å². The Balaban J connectivity index is 1.66. The van der Waals surface area contributed by atoms with E-state index in [1.807, 2.05) is 4.90 Å². The van der Waals surface area contributed by atoms with Gasteiger partial charge in [0.05, 0.1) is 30.4 Å². The van der Waals surface area contributed by atoms with Gasteiger partial charge < -0.3 is 24.4 Å². The van der Waals surface area contributed by atoms with Crippen molar-refractivity contribution in [2.75, 3.05) is 44.1 Å². The molecular formula is C22H25N3O7. The molecule has 32 heavy (non-hydrogen) atoms. The van der Waals surface area contributed by atoms with Crippen LogP contribution in [0.25, 0.3) is 0 Å². The molecule has 0 unspecified atom stereocenters. The molecule has 10 nitrogen and oxygen atoms in total. The van der Waals surface area contributed by atoms with Crippen molar-refractivity contribution >= 4 is 28.9 Å². The van der Waals surface area contributed by atoms with Crippen molar-refractivity contribution in [3.05, 3.63) is 52.1 Å². The number of carbonyl (C=O) groups excluding carboxylic acids is 2. The lowest BCUT2D eigenvalue weighted by atomic mass is 10.1. The van der Waals surface area contributed by atoms with Crippen molar-refractivity contribution in [3.63, 3.8) is 0 Å². The van der Waals surface area contributed by atoms with Crippen LogP contribution in [0.1, 0.15) is 29.6 Å². The van der Waals surface area contributed by atoms with Gasteiger partial charge in [0.15, 0.2) is 6.61 Å². The number of anilines is 2. The number of hydrogen-bond donors (Lipinski definition) is 1. The first kappa shape index (κ1) is 22.9. The van der Waals surface area contributed by atoms with Crippen LogP contribution in [0, 0.1) is 10.1 Å². The van der Waals surface area contributed by atoms with Crippen LogP contribution in [0.5, 0.6) is 11.5 Å². The van der Waals surface area contributed by atoms with Crippen LogP contribution in [0.2, 0.25) is 0 Å². The van der Waals surface area contributed by atoms with Gasteiger partial charge in [0.25, 0.3) is 11.6 Å². The van der Waals surface area contributed by atoms with Crippen LogP contribution in [0.15, 0.2) is 36.4 Å². The van der Waals surface area contributed by atoms with Crippen molar-refractivity contribution in [1.82, 2.24) is 0 Å². The van der Waals surface area contributed by atoms with Crippen LogP contribution in [0.4, 0.5) is 17.1 Å². The molecular weight excluding hydrogens is 418 g/mol. The largest absolute Gasteiger partial charge is 0.497 e. The Kier molecular flexibility index (Phi) is 7.48. The third kappa shape index (κ3) is 5.45. The molecule has 10 heteroatoms. The van der Waals surface area contributed by atoms with Crippen LogP contribution < -0.4 is 19.7 Å². The summed E-state index contributed by atoms with van der Waals surface area (Å²) in [5, 5.41) is 14.2. The number of rotatable bonds is 8. The van der Waals surface area contributed by atoms with Gasteiger partial charge in [-0.15, -0.1) is 0 Å². The minimum Gasteiger partial charge on any atom is -0.497 e. The van der Waals surface area contributed by atoms with Gasteiger partial charge in [0.1, 0.15) is 17.2 Å². The summed E-state index contributed by atoms with van der Waals surface area (Å²) in [7, 11) is 2.95. The Bertz CT molecular complexity index is 1000. The van der Waals surface area contributed by atoms with E-state index in [2.05, 4.69) is 5.32 Å². The predicted octanol–water partition coefficient (Wildman–Crippen LogP) is 3.40. The van der Waals surface area contributed by atoms with Gasteiger partial charge in [-0.1, -0.05) is 0 Å². The molecule has 0 aromatic heterocycles. The maximum absolute atomic E-state index is 12.4. The number of nitrogens with zero attached hydrogens (tertiary/aromatic N) is 2. The summed E-state index contributed by atoms with van der Waals surface area (Å²) in [6, 6.07) is 9.10. The standard InChI is InChI=1S/C22H25N3O7/c1-30-16-7-9-20(31-2)17(13-16)23-21(26)14-32-22(27)15-6-8-18(19(12-15)25(28)29)24-10-4-3-5-11-24/h6-9,12-13H,3-5,10-11,14H2,1-2H3,(H,23,26). The van der Waals surface area contributed by atoms with Crippen molar-refractivity contribution in [2.24, 2.45) is 0 Å². The molecule has 1 N–H and O–H groups in total. The lowest BCUT2D eigenvalue weighted by Gasteiger charge is -2.28. The zero-order valence-electron chi connectivity index (χ0n) is 18.0. The maximum atomic E-state index is 12.4. The lowest BCUT2D eigenvalue weighted by Crippen LogP contribution is -2.30. The summed E-state index contributed by atoms with van der Waals surface area (Å²) < 4.78 is 15.4. The number of nitro benzene ring substituents is 1. The van der Waals surface area contributed by atoms with Gasteiger partial charge in [-0.3, -0.25) is 14.9 Å². The molecule has 0 saturated carbocycles. The SMILES string of the molecule is COc1ccc(OC)c(NC(=O)COC(=O)c2ccc(N3CCCCC3)c([N+](=O)[O-])c2)c1. The zero-order chi connectivity index (χ0) is 23.1. The van der Waals surface area contributed by atoms with E-state index in [-0.39, 0.29) is 11.3 Å². The highest BCUT2D eigenvalue weighted by molar-refractivity contribution is 5.97. The third-order valence-electron chi connectivity index (χ3n) is 5.12. The van der Waals surface area contributed by atoms with E-state index in [1.54, 1.807) is 24.3 Å². The molecule has 2 aromatic carbocycles. The Labute approximate surface area is 185 Å². The number of ether oxygens (including phenoxy) is 3. The molecule has 0 spiro atoms. The first-order valence-corrected chi connectivity index (χ1v) is 10.2. The topological polar surface area (TPSA) is 120 Å². The molecule has 0 bridgehead atoms. The summed E-state index contributed by atoms with van der Waals surface area (Å²) in [5.74, 6) is -0.496. The van der Waals surface area contributed by atoms with Crippen LogP contribution in [-0.4, -0.2) is 50.7 Å². The van der Waals surface area contributed by atoms with E-state index in [0.717, 1.165) is 32.4 Å². The number of nitrogens with one attached hydrogen (secondary N) is 1. The number of esters is 1.